The molecule has 0 aliphatic carbocycles. The Balaban J connectivity index is 0.00000182. The fourth-order valence-corrected chi connectivity index (χ4v) is 4.37. The van der Waals surface area contributed by atoms with Crippen LogP contribution in [0.3, 0.4) is 0 Å². The van der Waals surface area contributed by atoms with Crippen molar-refractivity contribution in [3.63, 3.8) is 0 Å². The summed E-state index contributed by atoms with van der Waals surface area (Å²) in [4.78, 5) is 29.3. The van der Waals surface area contributed by atoms with E-state index in [2.05, 4.69) is 20.8 Å². The van der Waals surface area contributed by atoms with Crippen LogP contribution in [0, 0.1) is 5.82 Å². The average molecular weight is 498 g/mol. The quantitative estimate of drug-likeness (QED) is 0.625. The first-order valence-corrected chi connectivity index (χ1v) is 9.66. The van der Waals surface area contributed by atoms with Crippen LogP contribution in [-0.4, -0.2) is 54.2 Å². The molecule has 1 fully saturated rings. The molecule has 1 amide bonds. The van der Waals surface area contributed by atoms with Crippen LogP contribution in [0.5, 0.6) is 0 Å². The third-order valence-electron chi connectivity index (χ3n) is 4.16. The molecule has 2 aromatic rings. The van der Waals surface area contributed by atoms with E-state index < -0.39 is 5.82 Å². The summed E-state index contributed by atoms with van der Waals surface area (Å²) in [6, 6.07) is 9.94. The fourth-order valence-electron chi connectivity index (χ4n) is 2.86. The topological polar surface area (TPSA) is 40.6 Å². The highest BCUT2D eigenvalue weighted by molar-refractivity contribution is 9.11. The molecule has 0 unspecified atom stereocenters. The number of Topliss-reactive ketones (excluding diaryl/α,β-unsaturated/α-hetero) is 1. The fraction of sp³-hybridized carbons (Fsp3) is 0.333. The van der Waals surface area contributed by atoms with Crippen LogP contribution in [0.4, 0.5) is 4.39 Å². The lowest BCUT2D eigenvalue weighted by Crippen LogP contribution is -2.50. The molecule has 4 nitrogen and oxygen atoms in total. The number of carbonyl (C=O) groups is 2. The van der Waals surface area contributed by atoms with Gasteiger partial charge in [-0.2, -0.15) is 0 Å². The van der Waals surface area contributed by atoms with Gasteiger partial charge < -0.3 is 4.90 Å². The molecule has 9 heteroatoms. The minimum absolute atomic E-state index is 0. The SMILES string of the molecule is Cl.Cl.O=C(Cc1ccc(Br)s1)CN1CCN(C(=O)c2ccccc2F)CC1. The molecule has 0 bridgehead atoms. The first-order valence-electron chi connectivity index (χ1n) is 8.05. The Morgan fingerprint density at radius 2 is 1.70 bits per heavy atom. The number of hydrogen-bond donors (Lipinski definition) is 0. The van der Waals surface area contributed by atoms with Gasteiger partial charge in [-0.15, -0.1) is 36.2 Å². The van der Waals surface area contributed by atoms with E-state index in [0.29, 0.717) is 39.1 Å². The van der Waals surface area contributed by atoms with Gasteiger partial charge in [0.25, 0.3) is 5.91 Å². The number of piperazine rings is 1. The summed E-state index contributed by atoms with van der Waals surface area (Å²) in [6.07, 6.45) is 0.435. The molecule has 3 rings (SSSR count). The van der Waals surface area contributed by atoms with Crippen LogP contribution in [0.1, 0.15) is 15.2 Å². The van der Waals surface area contributed by atoms with Gasteiger partial charge in [0.05, 0.1) is 15.9 Å². The Bertz CT molecular complexity index is 782. The van der Waals surface area contributed by atoms with Crippen LogP contribution < -0.4 is 0 Å². The molecule has 1 saturated heterocycles. The van der Waals surface area contributed by atoms with Crippen molar-refractivity contribution in [3.05, 3.63) is 56.4 Å². The molecule has 0 saturated carbocycles. The number of amides is 1. The molecule has 2 heterocycles. The van der Waals surface area contributed by atoms with Crippen molar-refractivity contribution in [2.45, 2.75) is 6.42 Å². The van der Waals surface area contributed by atoms with Crippen molar-refractivity contribution in [1.29, 1.82) is 0 Å². The van der Waals surface area contributed by atoms with Crippen LogP contribution in [0.15, 0.2) is 40.2 Å². The lowest BCUT2D eigenvalue weighted by Gasteiger charge is -2.34. The maximum Gasteiger partial charge on any atom is 0.256 e. The molecule has 27 heavy (non-hydrogen) atoms. The van der Waals surface area contributed by atoms with E-state index in [0.717, 1.165) is 8.66 Å². The van der Waals surface area contributed by atoms with Gasteiger partial charge in [-0.05, 0) is 40.2 Å². The largest absolute Gasteiger partial charge is 0.336 e. The summed E-state index contributed by atoms with van der Waals surface area (Å²) in [6.45, 7) is 2.65. The van der Waals surface area contributed by atoms with Crippen LogP contribution >= 0.6 is 52.1 Å². The number of hydrogen-bond acceptors (Lipinski definition) is 4. The molecular formula is C18H20BrCl2FN2O2S. The van der Waals surface area contributed by atoms with E-state index in [9.17, 15) is 14.0 Å². The second-order valence-electron chi connectivity index (χ2n) is 5.97. The van der Waals surface area contributed by atoms with Crippen molar-refractivity contribution in [2.24, 2.45) is 0 Å². The molecule has 0 atom stereocenters. The van der Waals surface area contributed by atoms with Crippen LogP contribution in [-0.2, 0) is 11.2 Å². The second kappa shape index (κ2) is 11.1. The molecule has 1 aromatic carbocycles. The zero-order valence-corrected chi connectivity index (χ0v) is 18.4. The number of thiophene rings is 1. The Kier molecular flexibility index (Phi) is 9.90. The summed E-state index contributed by atoms with van der Waals surface area (Å²) < 4.78 is 14.8. The number of carbonyl (C=O) groups excluding carboxylic acids is 2. The third-order valence-corrected chi connectivity index (χ3v) is 5.79. The van der Waals surface area contributed by atoms with E-state index in [4.69, 9.17) is 0 Å². The standard InChI is InChI=1S/C18H18BrFN2O2S.2ClH/c19-17-6-5-14(25-17)11-13(23)12-21-7-9-22(10-8-21)18(24)15-3-1-2-4-16(15)20;;/h1-6H,7-12H2;2*1H. The van der Waals surface area contributed by atoms with Gasteiger partial charge in [0.2, 0.25) is 0 Å². The summed E-state index contributed by atoms with van der Waals surface area (Å²) in [7, 11) is 0. The molecule has 1 aromatic heterocycles. The monoisotopic (exact) mass is 496 g/mol. The van der Waals surface area contributed by atoms with E-state index in [1.807, 2.05) is 12.1 Å². The van der Waals surface area contributed by atoms with E-state index in [-0.39, 0.29) is 42.1 Å². The van der Waals surface area contributed by atoms with Crippen molar-refractivity contribution in [1.82, 2.24) is 9.80 Å². The van der Waals surface area contributed by atoms with Gasteiger partial charge in [0.1, 0.15) is 5.82 Å². The van der Waals surface area contributed by atoms with E-state index in [1.54, 1.807) is 28.4 Å². The van der Waals surface area contributed by atoms with E-state index in [1.165, 1.54) is 12.1 Å². The predicted molar refractivity (Wildman–Crippen MR) is 114 cm³/mol. The smallest absolute Gasteiger partial charge is 0.256 e. The molecule has 0 spiro atoms. The van der Waals surface area contributed by atoms with Crippen molar-refractivity contribution in [3.8, 4) is 0 Å². The highest BCUT2D eigenvalue weighted by atomic mass is 79.9. The Morgan fingerprint density at radius 1 is 1.04 bits per heavy atom. The van der Waals surface area contributed by atoms with Crippen LogP contribution in [0.25, 0.3) is 0 Å². The molecule has 1 aliphatic heterocycles. The Labute approximate surface area is 182 Å². The van der Waals surface area contributed by atoms with Crippen LogP contribution in [0.2, 0.25) is 0 Å². The second-order valence-corrected chi connectivity index (χ2v) is 8.52. The lowest BCUT2D eigenvalue weighted by atomic mass is 10.1. The zero-order chi connectivity index (χ0) is 17.8. The first kappa shape index (κ1) is 24.0. The lowest BCUT2D eigenvalue weighted by molar-refractivity contribution is -0.119. The predicted octanol–water partition coefficient (Wildman–Crippen LogP) is 4.06. The van der Waals surface area contributed by atoms with Gasteiger partial charge in [-0.3, -0.25) is 14.5 Å². The number of halogens is 4. The molecule has 148 valence electrons. The summed E-state index contributed by atoms with van der Waals surface area (Å²) in [5, 5.41) is 0. The van der Waals surface area contributed by atoms with Gasteiger partial charge in [0.15, 0.2) is 5.78 Å². The maximum atomic E-state index is 13.7. The van der Waals surface area contributed by atoms with Gasteiger partial charge in [-0.1, -0.05) is 12.1 Å². The van der Waals surface area contributed by atoms with Crippen molar-refractivity contribution >= 4 is 63.8 Å². The highest BCUT2D eigenvalue weighted by Gasteiger charge is 2.24. The molecule has 0 radical (unpaired) electrons. The normalized spacial score (nSPS) is 14.2. The van der Waals surface area contributed by atoms with Crippen molar-refractivity contribution in [2.75, 3.05) is 32.7 Å². The minimum atomic E-state index is -0.493. The summed E-state index contributed by atoms with van der Waals surface area (Å²) in [5.74, 6) is -0.608. The van der Waals surface area contributed by atoms with Gasteiger partial charge >= 0.3 is 0 Å². The summed E-state index contributed by atoms with van der Waals surface area (Å²) in [5.41, 5.74) is 0.107. The number of ketones is 1. The van der Waals surface area contributed by atoms with Gasteiger partial charge in [-0.25, -0.2) is 4.39 Å². The minimum Gasteiger partial charge on any atom is -0.336 e. The number of rotatable bonds is 5. The first-order chi connectivity index (χ1) is 12.0. The van der Waals surface area contributed by atoms with E-state index >= 15 is 0 Å². The highest BCUT2D eigenvalue weighted by Crippen LogP contribution is 2.22. The van der Waals surface area contributed by atoms with Gasteiger partial charge in [0, 0.05) is 37.5 Å². The van der Waals surface area contributed by atoms with Crippen molar-refractivity contribution < 1.29 is 14.0 Å². The number of benzene rings is 1. The number of nitrogens with zero attached hydrogens (tertiary/aromatic N) is 2. The maximum absolute atomic E-state index is 13.7. The Hall–Kier alpha value is -0.990. The zero-order valence-electron chi connectivity index (χ0n) is 14.4. The summed E-state index contributed by atoms with van der Waals surface area (Å²) >= 11 is 4.97. The Morgan fingerprint density at radius 3 is 2.30 bits per heavy atom. The molecular weight excluding hydrogens is 478 g/mol. The average Bonchev–Trinajstić information content (AvgIpc) is 3.00. The molecule has 1 aliphatic rings. The molecule has 0 N–H and O–H groups in total. The third kappa shape index (κ3) is 6.54.